The highest BCUT2D eigenvalue weighted by atomic mass is 16.3. The van der Waals surface area contributed by atoms with Gasteiger partial charge in [0, 0.05) is 23.3 Å². The van der Waals surface area contributed by atoms with Gasteiger partial charge < -0.3 is 10.4 Å². The molecule has 3 aliphatic heterocycles. The minimum absolute atomic E-state index is 0.0919. The molecule has 0 radical (unpaired) electrons. The van der Waals surface area contributed by atoms with Gasteiger partial charge in [0.15, 0.2) is 0 Å². The number of carbonyl (C=O) groups is 3. The topological polar surface area (TPSA) is 98.7 Å². The summed E-state index contributed by atoms with van der Waals surface area (Å²) in [6, 6.07) is 6.54. The van der Waals surface area contributed by atoms with E-state index in [1.54, 1.807) is 13.0 Å². The van der Waals surface area contributed by atoms with E-state index < -0.39 is 29.5 Å². The number of imide groups is 1. The molecule has 5 rings (SSSR count). The van der Waals surface area contributed by atoms with Crippen LogP contribution >= 0.6 is 0 Å². The predicted molar refractivity (Wildman–Crippen MR) is 101 cm³/mol. The number of hydrogen-bond donors (Lipinski definition) is 3. The van der Waals surface area contributed by atoms with Crippen molar-refractivity contribution >= 4 is 23.4 Å². The van der Waals surface area contributed by atoms with E-state index in [1.165, 1.54) is 4.90 Å². The van der Waals surface area contributed by atoms with Crippen molar-refractivity contribution in [1.82, 2.24) is 10.2 Å². The number of likely N-dealkylation sites (tertiary alicyclic amines) is 1. The number of para-hydroxylation sites is 1. The van der Waals surface area contributed by atoms with Crippen LogP contribution in [0.2, 0.25) is 0 Å². The largest absolute Gasteiger partial charge is 0.392 e. The number of amides is 3. The molecule has 1 aliphatic carbocycles. The molecule has 0 aromatic heterocycles. The van der Waals surface area contributed by atoms with Crippen LogP contribution in [0.4, 0.5) is 5.69 Å². The van der Waals surface area contributed by atoms with E-state index in [9.17, 15) is 19.5 Å². The molecule has 1 unspecified atom stereocenters. The number of benzene rings is 1. The molecule has 148 valence electrons. The summed E-state index contributed by atoms with van der Waals surface area (Å²) in [6.07, 6.45) is 3.90. The molecule has 4 aliphatic rings. The fourth-order valence-corrected chi connectivity index (χ4v) is 5.82. The number of nitrogens with zero attached hydrogens (tertiary/aromatic N) is 1. The first-order chi connectivity index (χ1) is 13.5. The Morgan fingerprint density at radius 2 is 1.82 bits per heavy atom. The van der Waals surface area contributed by atoms with E-state index in [0.717, 1.165) is 32.1 Å². The Balaban J connectivity index is 1.63. The van der Waals surface area contributed by atoms with Gasteiger partial charge in [-0.15, -0.1) is 0 Å². The van der Waals surface area contributed by atoms with E-state index in [-0.39, 0.29) is 23.8 Å². The van der Waals surface area contributed by atoms with Gasteiger partial charge in [-0.2, -0.15) is 0 Å². The number of carbonyl (C=O) groups excluding carboxylic acids is 3. The van der Waals surface area contributed by atoms with Crippen LogP contribution in [0.15, 0.2) is 24.3 Å². The highest BCUT2D eigenvalue weighted by Crippen LogP contribution is 2.54. The third-order valence-corrected chi connectivity index (χ3v) is 7.05. The van der Waals surface area contributed by atoms with Crippen LogP contribution in [0.25, 0.3) is 0 Å². The van der Waals surface area contributed by atoms with Gasteiger partial charge in [0.05, 0.1) is 17.9 Å². The molecule has 0 bridgehead atoms. The first-order valence-corrected chi connectivity index (χ1v) is 10.2. The molecule has 3 heterocycles. The summed E-state index contributed by atoms with van der Waals surface area (Å²) >= 11 is 0. The minimum atomic E-state index is -1.31. The highest BCUT2D eigenvalue weighted by Gasteiger charge is 2.71. The van der Waals surface area contributed by atoms with E-state index in [2.05, 4.69) is 10.6 Å². The predicted octanol–water partition coefficient (Wildman–Crippen LogP) is 1.12. The molecular weight excluding hydrogens is 358 g/mol. The lowest BCUT2D eigenvalue weighted by Gasteiger charge is -2.34. The summed E-state index contributed by atoms with van der Waals surface area (Å²) in [5, 5.41) is 16.5. The van der Waals surface area contributed by atoms with Crippen molar-refractivity contribution in [2.24, 2.45) is 11.8 Å². The molecule has 3 N–H and O–H groups in total. The Hall–Kier alpha value is -2.25. The molecule has 3 amide bonds. The number of aliphatic hydroxyl groups is 1. The molecule has 1 saturated carbocycles. The van der Waals surface area contributed by atoms with E-state index in [1.807, 2.05) is 18.2 Å². The van der Waals surface area contributed by atoms with Crippen molar-refractivity contribution in [1.29, 1.82) is 0 Å². The van der Waals surface area contributed by atoms with Gasteiger partial charge in [-0.3, -0.25) is 24.6 Å². The minimum Gasteiger partial charge on any atom is -0.392 e. The lowest BCUT2D eigenvalue weighted by molar-refractivity contribution is -0.146. The third kappa shape index (κ3) is 2.14. The van der Waals surface area contributed by atoms with Crippen LogP contribution in [-0.4, -0.2) is 45.9 Å². The van der Waals surface area contributed by atoms with Crippen LogP contribution in [-0.2, 0) is 19.9 Å². The lowest BCUT2D eigenvalue weighted by Crippen LogP contribution is -2.56. The quantitative estimate of drug-likeness (QED) is 0.665. The molecule has 3 fully saturated rings. The molecule has 2 saturated heterocycles. The summed E-state index contributed by atoms with van der Waals surface area (Å²) in [5.41, 5.74) is 0.0326. The maximum absolute atomic E-state index is 13.6. The summed E-state index contributed by atoms with van der Waals surface area (Å²) in [5.74, 6) is -2.39. The number of nitrogens with one attached hydrogen (secondary N) is 2. The fraction of sp³-hybridized carbons (Fsp3) is 0.571. The summed E-state index contributed by atoms with van der Waals surface area (Å²) < 4.78 is 0. The maximum Gasteiger partial charge on any atom is 0.250 e. The van der Waals surface area contributed by atoms with Gasteiger partial charge in [-0.05, 0) is 25.8 Å². The number of hydrogen-bond acceptors (Lipinski definition) is 5. The zero-order valence-corrected chi connectivity index (χ0v) is 15.9. The number of anilines is 1. The Morgan fingerprint density at radius 1 is 1.11 bits per heavy atom. The monoisotopic (exact) mass is 383 g/mol. The Kier molecular flexibility index (Phi) is 3.90. The normalized spacial score (nSPS) is 36.0. The second-order valence-electron chi connectivity index (χ2n) is 8.56. The van der Waals surface area contributed by atoms with E-state index >= 15 is 0 Å². The Morgan fingerprint density at radius 3 is 2.54 bits per heavy atom. The van der Waals surface area contributed by atoms with Crippen molar-refractivity contribution in [2.75, 3.05) is 5.32 Å². The molecule has 1 aromatic carbocycles. The van der Waals surface area contributed by atoms with Crippen molar-refractivity contribution in [3.63, 3.8) is 0 Å². The molecule has 5 atom stereocenters. The number of fused-ring (bicyclic) bond motifs is 4. The SMILES string of the molecule is CC(O)[C@@H]1N[C@]2(C(=O)Nc3ccccc32)[C@@H]2C(=O)N(C3CCCCC3)C(=O)[C@@H]21. The van der Waals surface area contributed by atoms with Gasteiger partial charge in [-0.1, -0.05) is 37.5 Å². The third-order valence-electron chi connectivity index (χ3n) is 7.05. The molecule has 1 aromatic rings. The zero-order chi connectivity index (χ0) is 19.6. The fourth-order valence-electron chi connectivity index (χ4n) is 5.82. The van der Waals surface area contributed by atoms with Gasteiger partial charge in [0.25, 0.3) is 0 Å². The van der Waals surface area contributed by atoms with Crippen LogP contribution in [0.5, 0.6) is 0 Å². The molecule has 28 heavy (non-hydrogen) atoms. The summed E-state index contributed by atoms with van der Waals surface area (Å²) in [6.45, 7) is 1.60. The second-order valence-corrected chi connectivity index (χ2v) is 8.56. The summed E-state index contributed by atoms with van der Waals surface area (Å²) in [4.78, 5) is 41.6. The molecular formula is C21H25N3O4. The highest BCUT2D eigenvalue weighted by molar-refractivity contribution is 6.15. The smallest absolute Gasteiger partial charge is 0.250 e. The van der Waals surface area contributed by atoms with Crippen molar-refractivity contribution < 1.29 is 19.5 Å². The van der Waals surface area contributed by atoms with Gasteiger partial charge in [-0.25, -0.2) is 0 Å². The first kappa shape index (κ1) is 17.8. The number of aliphatic hydroxyl groups excluding tert-OH is 1. The lowest BCUT2D eigenvalue weighted by atomic mass is 9.76. The summed E-state index contributed by atoms with van der Waals surface area (Å²) in [7, 11) is 0. The molecule has 7 heteroatoms. The van der Waals surface area contributed by atoms with Crippen LogP contribution in [0.1, 0.15) is 44.6 Å². The Bertz CT molecular complexity index is 863. The van der Waals surface area contributed by atoms with Crippen LogP contribution < -0.4 is 10.6 Å². The van der Waals surface area contributed by atoms with Crippen LogP contribution in [0.3, 0.4) is 0 Å². The van der Waals surface area contributed by atoms with Gasteiger partial charge in [0.2, 0.25) is 17.7 Å². The van der Waals surface area contributed by atoms with E-state index in [0.29, 0.717) is 11.3 Å². The average molecular weight is 383 g/mol. The van der Waals surface area contributed by atoms with Crippen molar-refractivity contribution in [2.45, 2.75) is 62.8 Å². The Labute approximate surface area is 163 Å². The standard InChI is InChI=1S/C21H25N3O4/c1-11(25)17-15-16(19(27)24(18(15)26)12-7-3-2-4-8-12)21(23-17)13-9-5-6-10-14(13)22-20(21)28/h5-6,9-12,15-17,23,25H,2-4,7-8H2,1H3,(H,22,28)/t11?,15-,16-,17-,21-/m0/s1. The second kappa shape index (κ2) is 6.12. The van der Waals surface area contributed by atoms with Crippen molar-refractivity contribution in [3.8, 4) is 0 Å². The molecule has 1 spiro atoms. The van der Waals surface area contributed by atoms with Gasteiger partial charge >= 0.3 is 0 Å². The number of rotatable bonds is 2. The first-order valence-electron chi connectivity index (χ1n) is 10.2. The van der Waals surface area contributed by atoms with Crippen LogP contribution in [0, 0.1) is 11.8 Å². The maximum atomic E-state index is 13.6. The zero-order valence-electron chi connectivity index (χ0n) is 15.9. The molecule has 7 nitrogen and oxygen atoms in total. The average Bonchev–Trinajstić information content (AvgIpc) is 3.28. The van der Waals surface area contributed by atoms with E-state index in [4.69, 9.17) is 0 Å². The van der Waals surface area contributed by atoms with Crippen molar-refractivity contribution in [3.05, 3.63) is 29.8 Å². The van der Waals surface area contributed by atoms with Gasteiger partial charge in [0.1, 0.15) is 5.54 Å².